The second kappa shape index (κ2) is 5.26. The summed E-state index contributed by atoms with van der Waals surface area (Å²) in [6.07, 6.45) is 0. The van der Waals surface area contributed by atoms with Gasteiger partial charge in [-0.05, 0) is 5.41 Å². The Labute approximate surface area is 97.0 Å². The minimum absolute atomic E-state index is 0. The number of fused-ring (bicyclic) bond motifs is 1. The molecule has 0 aliphatic carbocycles. The van der Waals surface area contributed by atoms with E-state index in [1.54, 1.807) is 11.8 Å². The molecule has 0 fully saturated rings. The maximum absolute atomic E-state index is 5.51. The fourth-order valence-corrected chi connectivity index (χ4v) is 2.10. The second-order valence-electron chi connectivity index (χ2n) is 2.25. The minimum atomic E-state index is 0. The third-order valence-electron chi connectivity index (χ3n) is 1.66. The van der Waals surface area contributed by atoms with Crippen molar-refractivity contribution in [1.82, 2.24) is 4.90 Å². The lowest BCUT2D eigenvalue weighted by Crippen LogP contribution is -2.25. The number of aliphatic imine (C=N–C) groups is 1. The van der Waals surface area contributed by atoms with E-state index in [9.17, 15) is 0 Å². The lowest BCUT2D eigenvalue weighted by molar-refractivity contribution is 0.564. The van der Waals surface area contributed by atoms with Crippen LogP contribution in [0.4, 0.5) is 0 Å². The molecule has 2 aliphatic heterocycles. The summed E-state index contributed by atoms with van der Waals surface area (Å²) in [5.74, 6) is 0. The van der Waals surface area contributed by atoms with E-state index in [1.165, 1.54) is 5.70 Å². The zero-order valence-electron chi connectivity index (χ0n) is 6.40. The third-order valence-corrected chi connectivity index (χ3v) is 2.61. The molecule has 0 saturated heterocycles. The van der Waals surface area contributed by atoms with Crippen LogP contribution in [0.3, 0.4) is 0 Å². The van der Waals surface area contributed by atoms with Gasteiger partial charge in [-0.15, -0.1) is 34.0 Å². The Balaban J connectivity index is 0.000000605. The number of nitrogens with zero attached hydrogens (tertiary/aromatic N) is 2. The molecule has 6 heteroatoms. The molecule has 0 saturated carbocycles. The van der Waals surface area contributed by atoms with Crippen molar-refractivity contribution >= 4 is 50.9 Å². The van der Waals surface area contributed by atoms with E-state index in [0.29, 0.717) is 6.54 Å². The van der Waals surface area contributed by atoms with E-state index in [0.717, 1.165) is 18.3 Å². The fourth-order valence-electron chi connectivity index (χ4n) is 1.14. The van der Waals surface area contributed by atoms with Gasteiger partial charge < -0.3 is 10.6 Å². The Bertz CT molecular complexity index is 217. The molecule has 0 bridgehead atoms. The van der Waals surface area contributed by atoms with Crippen molar-refractivity contribution in [3.63, 3.8) is 0 Å². The van der Waals surface area contributed by atoms with Crippen LogP contribution in [0.1, 0.15) is 0 Å². The molecule has 0 spiro atoms. The fraction of sp³-hybridized carbons (Fsp3) is 0.500. The molecule has 12 heavy (non-hydrogen) atoms. The second-order valence-corrected chi connectivity index (χ2v) is 3.08. The van der Waals surface area contributed by atoms with Gasteiger partial charge >= 0.3 is 0 Å². The van der Waals surface area contributed by atoms with Crippen molar-refractivity contribution < 1.29 is 0 Å². The van der Waals surface area contributed by atoms with Gasteiger partial charge in [-0.3, -0.25) is 4.99 Å². The summed E-state index contributed by atoms with van der Waals surface area (Å²) in [6, 6.07) is 0. The predicted octanol–water partition coefficient (Wildman–Crippen LogP) is 1.36. The van der Waals surface area contributed by atoms with Crippen molar-refractivity contribution in [2.75, 3.05) is 19.6 Å². The molecule has 2 N–H and O–H groups in total. The highest BCUT2D eigenvalue weighted by molar-refractivity contribution is 8.93. The van der Waals surface area contributed by atoms with Crippen molar-refractivity contribution in [1.29, 1.82) is 0 Å². The molecule has 2 heterocycles. The smallest absolute Gasteiger partial charge is 0.168 e. The molecule has 0 radical (unpaired) electrons. The first-order valence-corrected chi connectivity index (χ1v) is 4.17. The topological polar surface area (TPSA) is 41.6 Å². The van der Waals surface area contributed by atoms with Crippen LogP contribution in [0.2, 0.25) is 0 Å². The summed E-state index contributed by atoms with van der Waals surface area (Å²) in [5, 5.41) is 3.21. The van der Waals surface area contributed by atoms with Gasteiger partial charge in [0.25, 0.3) is 0 Å². The standard InChI is InChI=1S/C6H9N3S.2BrH/c7-3-5-4-10-6-8-1-2-9(5)6;;/h4H,1-3,7H2;2*1H. The average molecular weight is 317 g/mol. The summed E-state index contributed by atoms with van der Waals surface area (Å²) < 4.78 is 0. The molecule has 2 aliphatic rings. The first-order chi connectivity index (χ1) is 4.92. The van der Waals surface area contributed by atoms with Crippen LogP contribution in [0, 0.1) is 0 Å². The van der Waals surface area contributed by atoms with Crippen LogP contribution in [-0.4, -0.2) is 29.7 Å². The third kappa shape index (κ3) is 2.04. The highest BCUT2D eigenvalue weighted by Crippen LogP contribution is 2.27. The van der Waals surface area contributed by atoms with Gasteiger partial charge in [0.15, 0.2) is 5.17 Å². The molecule has 2 rings (SSSR count). The minimum Gasteiger partial charge on any atom is -0.325 e. The number of thioether (sulfide) groups is 1. The van der Waals surface area contributed by atoms with E-state index >= 15 is 0 Å². The van der Waals surface area contributed by atoms with E-state index in [4.69, 9.17) is 5.73 Å². The predicted molar refractivity (Wildman–Crippen MR) is 64.4 cm³/mol. The highest BCUT2D eigenvalue weighted by atomic mass is 79.9. The molecule has 0 aromatic heterocycles. The average Bonchev–Trinajstić information content (AvgIpc) is 2.44. The number of hydrogen-bond donors (Lipinski definition) is 1. The Kier molecular flexibility index (Phi) is 5.47. The molecule has 0 amide bonds. The van der Waals surface area contributed by atoms with E-state index in [2.05, 4.69) is 15.3 Å². The molecular weight excluding hydrogens is 306 g/mol. The Morgan fingerprint density at radius 1 is 1.58 bits per heavy atom. The summed E-state index contributed by atoms with van der Waals surface area (Å²) in [7, 11) is 0. The molecule has 0 atom stereocenters. The Morgan fingerprint density at radius 2 is 2.33 bits per heavy atom. The first kappa shape index (κ1) is 12.5. The molecule has 0 unspecified atom stereocenters. The first-order valence-electron chi connectivity index (χ1n) is 3.29. The van der Waals surface area contributed by atoms with Crippen LogP contribution < -0.4 is 5.73 Å². The Hall–Kier alpha value is 0.480. The van der Waals surface area contributed by atoms with Crippen molar-refractivity contribution in [3.8, 4) is 0 Å². The van der Waals surface area contributed by atoms with Gasteiger partial charge in [-0.2, -0.15) is 0 Å². The molecular formula is C6H11Br2N3S. The van der Waals surface area contributed by atoms with Gasteiger partial charge in [-0.1, -0.05) is 11.8 Å². The summed E-state index contributed by atoms with van der Waals surface area (Å²) in [5.41, 5.74) is 6.72. The highest BCUT2D eigenvalue weighted by Gasteiger charge is 2.24. The zero-order chi connectivity index (χ0) is 6.97. The Morgan fingerprint density at radius 3 is 3.00 bits per heavy atom. The van der Waals surface area contributed by atoms with Gasteiger partial charge in [0.2, 0.25) is 0 Å². The van der Waals surface area contributed by atoms with E-state index in [1.807, 2.05) is 0 Å². The van der Waals surface area contributed by atoms with Crippen LogP contribution in [0.15, 0.2) is 16.1 Å². The zero-order valence-corrected chi connectivity index (χ0v) is 10.6. The van der Waals surface area contributed by atoms with Crippen LogP contribution in [0.25, 0.3) is 0 Å². The summed E-state index contributed by atoms with van der Waals surface area (Å²) >= 11 is 1.68. The largest absolute Gasteiger partial charge is 0.325 e. The number of nitrogens with two attached hydrogens (primary N) is 1. The van der Waals surface area contributed by atoms with Crippen molar-refractivity contribution in [2.45, 2.75) is 0 Å². The lowest BCUT2D eigenvalue weighted by atomic mass is 10.4. The van der Waals surface area contributed by atoms with Crippen LogP contribution in [-0.2, 0) is 0 Å². The summed E-state index contributed by atoms with van der Waals surface area (Å²) in [4.78, 5) is 6.48. The van der Waals surface area contributed by atoms with Crippen LogP contribution in [0.5, 0.6) is 0 Å². The van der Waals surface area contributed by atoms with Crippen LogP contribution >= 0.6 is 45.7 Å². The number of halogens is 2. The van der Waals surface area contributed by atoms with Gasteiger partial charge in [0.05, 0.1) is 6.54 Å². The summed E-state index contributed by atoms with van der Waals surface area (Å²) in [6.45, 7) is 2.58. The van der Waals surface area contributed by atoms with Crippen molar-refractivity contribution in [2.24, 2.45) is 10.7 Å². The molecule has 70 valence electrons. The number of rotatable bonds is 1. The maximum atomic E-state index is 5.51. The maximum Gasteiger partial charge on any atom is 0.168 e. The quantitative estimate of drug-likeness (QED) is 0.794. The SMILES string of the molecule is Br.Br.NCC1=CSC2=NCCN12. The van der Waals surface area contributed by atoms with Gasteiger partial charge in [0, 0.05) is 18.8 Å². The normalized spacial score (nSPS) is 18.9. The van der Waals surface area contributed by atoms with E-state index in [-0.39, 0.29) is 34.0 Å². The van der Waals surface area contributed by atoms with Crippen molar-refractivity contribution in [3.05, 3.63) is 11.1 Å². The van der Waals surface area contributed by atoms with E-state index < -0.39 is 0 Å². The monoisotopic (exact) mass is 315 g/mol. The number of hydrogen-bond acceptors (Lipinski definition) is 4. The van der Waals surface area contributed by atoms with Gasteiger partial charge in [0.1, 0.15) is 0 Å². The molecule has 0 aromatic rings. The van der Waals surface area contributed by atoms with Gasteiger partial charge in [-0.25, -0.2) is 0 Å². The number of amidine groups is 1. The molecule has 0 aromatic carbocycles. The molecule has 3 nitrogen and oxygen atoms in total. The lowest BCUT2D eigenvalue weighted by Gasteiger charge is -2.13.